The van der Waals surface area contributed by atoms with E-state index in [1.165, 1.54) is 60.8 Å². The molecular weight excluding hydrogens is 567 g/mol. The number of benzene rings is 5. The summed E-state index contributed by atoms with van der Waals surface area (Å²) >= 11 is 14.8. The summed E-state index contributed by atoms with van der Waals surface area (Å²) in [6.45, 7) is 7.08. The third-order valence-corrected chi connectivity index (χ3v) is 16.0. The van der Waals surface area contributed by atoms with Crippen molar-refractivity contribution in [2.24, 2.45) is 0 Å². The van der Waals surface area contributed by atoms with E-state index in [2.05, 4.69) is 148 Å². The predicted octanol–water partition coefficient (Wildman–Crippen LogP) is 10.9. The fourth-order valence-corrected chi connectivity index (χ4v) is 14.4. The van der Waals surface area contributed by atoms with Gasteiger partial charge in [-0.3, -0.25) is 0 Å². The average Bonchev–Trinajstić information content (AvgIpc) is 3.46. The number of hydrogen-bond acceptors (Lipinski definition) is 0. The highest BCUT2D eigenvalue weighted by molar-refractivity contribution is 6.94. The van der Waals surface area contributed by atoms with Crippen LogP contribution in [-0.4, -0.2) is 8.07 Å². The molecule has 2 aliphatic carbocycles. The first-order valence-corrected chi connectivity index (χ1v) is 18.0. The first-order valence-electron chi connectivity index (χ1n) is 14.6. The second-order valence-electron chi connectivity index (χ2n) is 11.8. The molecule has 7 rings (SSSR count). The van der Waals surface area contributed by atoms with Crippen LogP contribution in [0.25, 0.3) is 32.3 Å². The van der Waals surface area contributed by atoms with Crippen molar-refractivity contribution in [2.75, 3.05) is 0 Å². The summed E-state index contributed by atoms with van der Waals surface area (Å²) in [5, 5.41) is 3.21. The molecule has 206 valence electrons. The monoisotopic (exact) mass is 598 g/mol. The largest absolute Gasteiger partial charge is 0.107 e. The molecule has 2 unspecified atom stereocenters. The van der Waals surface area contributed by atoms with Gasteiger partial charge in [-0.25, -0.2) is 0 Å². The van der Waals surface area contributed by atoms with Crippen LogP contribution in [0.2, 0.25) is 6.55 Å². The van der Waals surface area contributed by atoms with Crippen LogP contribution < -0.4 is 5.19 Å². The molecule has 0 bridgehead atoms. The first-order chi connectivity index (χ1) is 20.4. The van der Waals surface area contributed by atoms with Crippen molar-refractivity contribution in [3.63, 3.8) is 0 Å². The van der Waals surface area contributed by atoms with Crippen molar-refractivity contribution >= 4 is 46.5 Å². The van der Waals surface area contributed by atoms with Crippen molar-refractivity contribution in [3.8, 4) is 22.3 Å². The van der Waals surface area contributed by atoms with Gasteiger partial charge in [0, 0.05) is 32.3 Å². The Hall–Kier alpha value is -3.62. The van der Waals surface area contributed by atoms with Crippen molar-refractivity contribution in [3.05, 3.63) is 161 Å². The van der Waals surface area contributed by atoms with Gasteiger partial charge in [-0.15, -0.1) is 0 Å². The quantitative estimate of drug-likeness (QED) is 0.176. The van der Waals surface area contributed by atoms with Gasteiger partial charge in [0.25, 0.3) is 0 Å². The lowest BCUT2D eigenvalue weighted by molar-refractivity contribution is 0.980. The third-order valence-electron chi connectivity index (χ3n) is 9.58. The summed E-state index contributed by atoms with van der Waals surface area (Å²) in [5.74, 6) is 0. The van der Waals surface area contributed by atoms with Gasteiger partial charge < -0.3 is 0 Å². The van der Waals surface area contributed by atoms with E-state index in [1.807, 2.05) is 0 Å². The highest BCUT2D eigenvalue weighted by atomic mass is 35.5. The van der Waals surface area contributed by atoms with Gasteiger partial charge in [-0.05, 0) is 58.4 Å². The van der Waals surface area contributed by atoms with E-state index in [0.29, 0.717) is 0 Å². The maximum absolute atomic E-state index is 7.38. The van der Waals surface area contributed by atoms with Crippen LogP contribution >= 0.6 is 23.2 Å². The molecule has 2 aliphatic rings. The minimum absolute atomic E-state index is 0.196. The fraction of sp³-hybridized carbons (Fsp3) is 0.128. The van der Waals surface area contributed by atoms with Gasteiger partial charge in [-0.2, -0.15) is 0 Å². The molecule has 5 aromatic carbocycles. The SMILES string of the molecule is CC1=C(Cl)c2c(-c3ccccc3)cccc2C1[Si](C)(c1ccccc1)C1C(C)=C(Cl)c2c(-c3ccccc3)cccc21. The molecule has 0 spiro atoms. The Morgan fingerprint density at radius 1 is 0.476 bits per heavy atom. The Kier molecular flexibility index (Phi) is 6.86. The summed E-state index contributed by atoms with van der Waals surface area (Å²) in [6, 6.07) is 45.9. The van der Waals surface area contributed by atoms with Gasteiger partial charge in [0.15, 0.2) is 0 Å². The number of halogens is 2. The van der Waals surface area contributed by atoms with Gasteiger partial charge in [0.2, 0.25) is 0 Å². The summed E-state index contributed by atoms with van der Waals surface area (Å²) in [4.78, 5) is 0. The highest BCUT2D eigenvalue weighted by Crippen LogP contribution is 2.58. The van der Waals surface area contributed by atoms with Gasteiger partial charge >= 0.3 is 0 Å². The molecule has 2 atom stereocenters. The molecule has 0 aromatic heterocycles. The van der Waals surface area contributed by atoms with E-state index >= 15 is 0 Å². The lowest BCUT2D eigenvalue weighted by Gasteiger charge is -2.42. The van der Waals surface area contributed by atoms with E-state index in [9.17, 15) is 0 Å². The van der Waals surface area contributed by atoms with Crippen LogP contribution in [0.1, 0.15) is 47.2 Å². The summed E-state index contributed by atoms with van der Waals surface area (Å²) < 4.78 is 0. The van der Waals surface area contributed by atoms with Gasteiger partial charge in [0.05, 0.1) is 0 Å². The minimum Gasteiger partial charge on any atom is -0.0837 e. The Morgan fingerprint density at radius 3 is 1.26 bits per heavy atom. The predicted molar refractivity (Wildman–Crippen MR) is 184 cm³/mol. The Labute approximate surface area is 260 Å². The summed E-state index contributed by atoms with van der Waals surface area (Å²) in [5.41, 5.74) is 12.8. The molecule has 0 fully saturated rings. The number of fused-ring (bicyclic) bond motifs is 2. The average molecular weight is 600 g/mol. The number of allylic oxidation sites excluding steroid dienone is 2. The second kappa shape index (κ2) is 10.6. The smallest absolute Gasteiger partial charge is 0.0837 e. The normalized spacial score (nSPS) is 19.1. The molecular formula is C39H32Cl2Si. The Morgan fingerprint density at radius 2 is 0.857 bits per heavy atom. The maximum Gasteiger partial charge on any atom is 0.107 e. The second-order valence-corrected chi connectivity index (χ2v) is 16.8. The van der Waals surface area contributed by atoms with Crippen LogP contribution in [0.5, 0.6) is 0 Å². The molecule has 0 nitrogen and oxygen atoms in total. The molecule has 42 heavy (non-hydrogen) atoms. The van der Waals surface area contributed by atoms with Crippen molar-refractivity contribution < 1.29 is 0 Å². The molecule has 3 heteroatoms. The van der Waals surface area contributed by atoms with E-state index in [4.69, 9.17) is 23.2 Å². The lowest BCUT2D eigenvalue weighted by atomic mass is 9.97. The van der Waals surface area contributed by atoms with E-state index in [0.717, 1.165) is 10.1 Å². The first kappa shape index (κ1) is 27.2. The van der Waals surface area contributed by atoms with Crippen molar-refractivity contribution in [1.82, 2.24) is 0 Å². The maximum atomic E-state index is 7.38. The van der Waals surface area contributed by atoms with Crippen LogP contribution in [0, 0.1) is 0 Å². The van der Waals surface area contributed by atoms with Crippen LogP contribution in [0.3, 0.4) is 0 Å². The van der Waals surface area contributed by atoms with Gasteiger partial charge in [0.1, 0.15) is 8.07 Å². The molecule has 0 N–H and O–H groups in total. The topological polar surface area (TPSA) is 0 Å². The van der Waals surface area contributed by atoms with Crippen LogP contribution in [0.4, 0.5) is 0 Å². The standard InChI is InChI=1S/C39H32Cl2Si/c1-25-36(40)34-30(27-15-7-4-8-16-27)21-13-23-32(34)38(25)42(3,29-19-11-6-12-20-29)39-26(2)37(41)35-31(22-14-24-33(35)39)28-17-9-5-10-18-28/h4-24,38-39H,1-3H3. The van der Waals surface area contributed by atoms with Crippen LogP contribution in [0.15, 0.2) is 139 Å². The van der Waals surface area contributed by atoms with Crippen LogP contribution in [-0.2, 0) is 0 Å². The number of hydrogen-bond donors (Lipinski definition) is 0. The molecule has 5 aromatic rings. The Bertz CT molecular complexity index is 1750. The van der Waals surface area contributed by atoms with E-state index in [1.54, 1.807) is 0 Å². The highest BCUT2D eigenvalue weighted by Gasteiger charge is 2.53. The minimum atomic E-state index is -2.50. The molecule has 0 heterocycles. The molecule has 0 amide bonds. The van der Waals surface area contributed by atoms with E-state index < -0.39 is 8.07 Å². The zero-order chi connectivity index (χ0) is 29.0. The molecule has 0 aliphatic heterocycles. The summed E-state index contributed by atoms with van der Waals surface area (Å²) in [6.07, 6.45) is 0. The van der Waals surface area contributed by atoms with Crippen molar-refractivity contribution in [1.29, 1.82) is 0 Å². The molecule has 0 saturated carbocycles. The van der Waals surface area contributed by atoms with Gasteiger partial charge in [-0.1, -0.05) is 162 Å². The molecule has 0 radical (unpaired) electrons. The fourth-order valence-electron chi connectivity index (χ4n) is 7.79. The summed E-state index contributed by atoms with van der Waals surface area (Å²) in [7, 11) is -2.50. The third kappa shape index (κ3) is 4.02. The zero-order valence-corrected chi connectivity index (χ0v) is 26.5. The lowest BCUT2D eigenvalue weighted by Crippen LogP contribution is -2.56. The van der Waals surface area contributed by atoms with Crippen molar-refractivity contribution in [2.45, 2.75) is 31.5 Å². The number of rotatable bonds is 5. The van der Waals surface area contributed by atoms with E-state index in [-0.39, 0.29) is 11.1 Å². The molecule has 0 saturated heterocycles. The zero-order valence-electron chi connectivity index (χ0n) is 24.0. The Balaban J connectivity index is 1.49.